The predicted molar refractivity (Wildman–Crippen MR) is 157 cm³/mol. The zero-order valence-corrected chi connectivity index (χ0v) is 25.3. The topological polar surface area (TPSA) is 96.3 Å². The Labute approximate surface area is 240 Å². The molecule has 2 saturated heterocycles. The molecule has 5 rings (SSSR count). The molecule has 3 aromatic rings. The van der Waals surface area contributed by atoms with E-state index >= 15 is 0 Å². The summed E-state index contributed by atoms with van der Waals surface area (Å²) in [6.07, 6.45) is 4.21. The van der Waals surface area contributed by atoms with Crippen molar-refractivity contribution < 1.29 is 8.42 Å². The molecule has 2 fully saturated rings. The van der Waals surface area contributed by atoms with Crippen molar-refractivity contribution in [1.82, 2.24) is 29.4 Å². The molecule has 4 heterocycles. The molecule has 9 nitrogen and oxygen atoms in total. The summed E-state index contributed by atoms with van der Waals surface area (Å²) >= 11 is 12.6. The first-order chi connectivity index (χ1) is 18.5. The molecule has 39 heavy (non-hydrogen) atoms. The smallest absolute Gasteiger partial charge is 0.213 e. The van der Waals surface area contributed by atoms with Crippen LogP contribution in [0.1, 0.15) is 50.9 Å². The molecule has 2 aromatic heterocycles. The van der Waals surface area contributed by atoms with E-state index in [1.165, 1.54) is 6.42 Å². The lowest BCUT2D eigenvalue weighted by Crippen LogP contribution is -2.54. The SMILES string of the molecule is Cc1nn([C@H](C)c2ccc(Cl)cc2Cl)c2nc(N3CC([C@@H]4CCCN(CCNS(=O)(=O)C(C)C)C4)C3)cnc12. The Morgan fingerprint density at radius 2 is 1.90 bits per heavy atom. The van der Waals surface area contributed by atoms with E-state index in [4.69, 9.17) is 38.3 Å². The van der Waals surface area contributed by atoms with E-state index in [2.05, 4.69) is 21.4 Å². The third-order valence-corrected chi connectivity index (χ3v) is 10.5. The highest BCUT2D eigenvalue weighted by molar-refractivity contribution is 7.90. The molecule has 0 saturated carbocycles. The van der Waals surface area contributed by atoms with Gasteiger partial charge in [-0.05, 0) is 76.6 Å². The zero-order valence-electron chi connectivity index (χ0n) is 22.9. The van der Waals surface area contributed by atoms with Crippen LogP contribution in [-0.4, -0.2) is 77.6 Å². The van der Waals surface area contributed by atoms with Gasteiger partial charge in [-0.15, -0.1) is 0 Å². The monoisotopic (exact) mass is 593 g/mol. The van der Waals surface area contributed by atoms with Crippen LogP contribution < -0.4 is 9.62 Å². The molecule has 0 aliphatic carbocycles. The second-order valence-electron chi connectivity index (χ2n) is 11.1. The molecule has 12 heteroatoms. The Morgan fingerprint density at radius 3 is 2.62 bits per heavy atom. The van der Waals surface area contributed by atoms with Crippen LogP contribution in [0, 0.1) is 18.8 Å². The molecule has 0 unspecified atom stereocenters. The first kappa shape index (κ1) is 28.5. The molecule has 0 amide bonds. The Kier molecular flexibility index (Phi) is 8.41. The minimum absolute atomic E-state index is 0.127. The lowest BCUT2D eigenvalue weighted by atomic mass is 9.80. The normalized spacial score (nSPS) is 20.1. The third-order valence-electron chi connectivity index (χ3n) is 8.13. The Balaban J connectivity index is 1.23. The van der Waals surface area contributed by atoms with E-state index in [-0.39, 0.29) is 6.04 Å². The maximum atomic E-state index is 12.0. The number of fused-ring (bicyclic) bond motifs is 1. The van der Waals surface area contributed by atoms with Crippen molar-refractivity contribution in [2.45, 2.75) is 51.8 Å². The van der Waals surface area contributed by atoms with Crippen LogP contribution in [0.2, 0.25) is 10.0 Å². The van der Waals surface area contributed by atoms with Gasteiger partial charge in [0.15, 0.2) is 5.65 Å². The standard InChI is InChI=1S/C27H37Cl2N7O2S/c1-17(2)39(37,38)31-9-11-34-10-5-6-20(14-34)21-15-35(16-21)25-13-30-26-18(3)33-36(27(26)32-25)19(4)23-8-7-22(28)12-24(23)29/h7-8,12-13,17,19-21,31H,5-6,9-11,14-16H2,1-4H3/t19-,20-/m1/s1. The average molecular weight is 595 g/mol. The van der Waals surface area contributed by atoms with Gasteiger partial charge in [0, 0.05) is 42.8 Å². The van der Waals surface area contributed by atoms with E-state index in [0.717, 1.165) is 67.4 Å². The summed E-state index contributed by atoms with van der Waals surface area (Å²) in [5.41, 5.74) is 3.31. The van der Waals surface area contributed by atoms with E-state index in [1.54, 1.807) is 19.9 Å². The van der Waals surface area contributed by atoms with E-state index < -0.39 is 15.3 Å². The number of hydrogen-bond donors (Lipinski definition) is 1. The summed E-state index contributed by atoms with van der Waals surface area (Å²) in [6.45, 7) is 12.6. The van der Waals surface area contributed by atoms with Crippen LogP contribution in [0.5, 0.6) is 0 Å². The van der Waals surface area contributed by atoms with Gasteiger partial charge < -0.3 is 9.80 Å². The summed E-state index contributed by atoms with van der Waals surface area (Å²) in [6, 6.07) is 5.40. The van der Waals surface area contributed by atoms with Crippen molar-refractivity contribution >= 4 is 50.2 Å². The second kappa shape index (κ2) is 11.5. The van der Waals surface area contributed by atoms with Crippen LogP contribution in [0.3, 0.4) is 0 Å². The lowest BCUT2D eigenvalue weighted by Gasteiger charge is -2.47. The summed E-state index contributed by atoms with van der Waals surface area (Å²) in [4.78, 5) is 14.4. The quantitative estimate of drug-likeness (QED) is 0.389. The number of halogens is 2. The van der Waals surface area contributed by atoms with Gasteiger partial charge in [0.05, 0.1) is 23.2 Å². The van der Waals surface area contributed by atoms with Crippen molar-refractivity contribution in [2.75, 3.05) is 44.2 Å². The van der Waals surface area contributed by atoms with Gasteiger partial charge in [0.1, 0.15) is 11.3 Å². The highest BCUT2D eigenvalue weighted by Gasteiger charge is 2.36. The van der Waals surface area contributed by atoms with E-state index in [0.29, 0.717) is 28.4 Å². The number of anilines is 1. The number of benzene rings is 1. The molecule has 1 aromatic carbocycles. The number of hydrogen-bond acceptors (Lipinski definition) is 7. The molecule has 2 aliphatic rings. The highest BCUT2D eigenvalue weighted by Crippen LogP contribution is 2.35. The van der Waals surface area contributed by atoms with Crippen LogP contribution in [-0.2, 0) is 10.0 Å². The Hall–Kier alpha value is -1.98. The maximum absolute atomic E-state index is 12.0. The maximum Gasteiger partial charge on any atom is 0.213 e. The molecule has 1 N–H and O–H groups in total. The van der Waals surface area contributed by atoms with Crippen LogP contribution in [0.4, 0.5) is 5.82 Å². The molecule has 2 aliphatic heterocycles. The van der Waals surface area contributed by atoms with Gasteiger partial charge in [0.2, 0.25) is 10.0 Å². The Morgan fingerprint density at radius 1 is 1.13 bits per heavy atom. The summed E-state index contributed by atoms with van der Waals surface area (Å²) in [5.74, 6) is 2.06. The van der Waals surface area contributed by atoms with Crippen molar-refractivity contribution in [2.24, 2.45) is 11.8 Å². The van der Waals surface area contributed by atoms with E-state index in [9.17, 15) is 8.42 Å². The van der Waals surface area contributed by atoms with Gasteiger partial charge in [0.25, 0.3) is 0 Å². The summed E-state index contributed by atoms with van der Waals surface area (Å²) < 4.78 is 28.7. The largest absolute Gasteiger partial charge is 0.355 e. The van der Waals surface area contributed by atoms with Crippen molar-refractivity contribution in [1.29, 1.82) is 0 Å². The molecular weight excluding hydrogens is 557 g/mol. The first-order valence-electron chi connectivity index (χ1n) is 13.7. The van der Waals surface area contributed by atoms with Crippen molar-refractivity contribution in [3.05, 3.63) is 45.7 Å². The number of sulfonamides is 1. The van der Waals surface area contributed by atoms with Gasteiger partial charge in [-0.25, -0.2) is 27.8 Å². The van der Waals surface area contributed by atoms with E-state index in [1.807, 2.05) is 29.9 Å². The fourth-order valence-electron chi connectivity index (χ4n) is 5.63. The van der Waals surface area contributed by atoms with Crippen molar-refractivity contribution in [3.63, 3.8) is 0 Å². The number of piperidine rings is 1. The molecule has 2 atom stereocenters. The Bertz CT molecular complexity index is 1440. The predicted octanol–water partition coefficient (Wildman–Crippen LogP) is 4.53. The third kappa shape index (κ3) is 6.05. The minimum atomic E-state index is -3.22. The molecular formula is C27H37Cl2N7O2S. The van der Waals surface area contributed by atoms with Crippen LogP contribution in [0.15, 0.2) is 24.4 Å². The van der Waals surface area contributed by atoms with Gasteiger partial charge in [-0.2, -0.15) is 5.10 Å². The fraction of sp³-hybridized carbons (Fsp3) is 0.593. The number of nitrogens with zero attached hydrogens (tertiary/aromatic N) is 6. The summed E-state index contributed by atoms with van der Waals surface area (Å²) in [5, 5.41) is 5.55. The molecule has 0 spiro atoms. The highest BCUT2D eigenvalue weighted by atomic mass is 35.5. The van der Waals surface area contributed by atoms with Crippen LogP contribution in [0.25, 0.3) is 11.2 Å². The number of rotatable bonds is 9. The fourth-order valence-corrected chi connectivity index (χ4v) is 6.90. The minimum Gasteiger partial charge on any atom is -0.355 e. The number of aryl methyl sites for hydroxylation is 1. The van der Waals surface area contributed by atoms with Gasteiger partial charge in [-0.1, -0.05) is 29.3 Å². The number of likely N-dealkylation sites (tertiary alicyclic amines) is 1. The molecule has 0 radical (unpaired) electrons. The first-order valence-corrected chi connectivity index (χ1v) is 16.0. The lowest BCUT2D eigenvalue weighted by molar-refractivity contribution is 0.121. The number of nitrogens with one attached hydrogen (secondary N) is 1. The van der Waals surface area contributed by atoms with Gasteiger partial charge >= 0.3 is 0 Å². The molecule has 0 bridgehead atoms. The van der Waals surface area contributed by atoms with Crippen LogP contribution >= 0.6 is 23.2 Å². The average Bonchev–Trinajstić information content (AvgIpc) is 3.19. The summed E-state index contributed by atoms with van der Waals surface area (Å²) in [7, 11) is -3.22. The second-order valence-corrected chi connectivity index (χ2v) is 14.3. The number of aromatic nitrogens is 4. The van der Waals surface area contributed by atoms with Crippen molar-refractivity contribution in [3.8, 4) is 0 Å². The zero-order chi connectivity index (χ0) is 27.9. The van der Waals surface area contributed by atoms with Gasteiger partial charge in [-0.3, -0.25) is 0 Å². The molecule has 212 valence electrons.